The Morgan fingerprint density at radius 1 is 1.16 bits per heavy atom. The van der Waals surface area contributed by atoms with Crippen molar-refractivity contribution in [3.05, 3.63) is 64.2 Å². The van der Waals surface area contributed by atoms with Gasteiger partial charge in [-0.25, -0.2) is 0 Å². The molecule has 5 nitrogen and oxygen atoms in total. The van der Waals surface area contributed by atoms with Gasteiger partial charge in [0, 0.05) is 12.6 Å². The first-order valence-electron chi connectivity index (χ1n) is 8.10. The topological polar surface area (TPSA) is 59.9 Å². The molecule has 1 N–H and O–H groups in total. The van der Waals surface area contributed by atoms with Gasteiger partial charge >= 0.3 is 0 Å². The highest BCUT2D eigenvalue weighted by molar-refractivity contribution is 6.45. The van der Waals surface area contributed by atoms with E-state index in [0.717, 1.165) is 22.4 Å². The summed E-state index contributed by atoms with van der Waals surface area (Å²) in [5.41, 5.74) is 5.22. The van der Waals surface area contributed by atoms with Gasteiger partial charge in [0.05, 0.1) is 0 Å². The highest BCUT2D eigenvalue weighted by atomic mass is 16.6. The second kappa shape index (κ2) is 8.33. The summed E-state index contributed by atoms with van der Waals surface area (Å²) in [6, 6.07) is 11.7. The van der Waals surface area contributed by atoms with E-state index < -0.39 is 0 Å². The number of aryl methyl sites for hydroxylation is 2. The summed E-state index contributed by atoms with van der Waals surface area (Å²) in [6.07, 6.45) is 0. The normalized spacial score (nSPS) is 11.2. The predicted octanol–water partition coefficient (Wildman–Crippen LogP) is 3.29. The molecule has 0 aliphatic carbocycles. The van der Waals surface area contributed by atoms with Gasteiger partial charge in [0.15, 0.2) is 5.71 Å². The summed E-state index contributed by atoms with van der Waals surface area (Å²) in [7, 11) is 2.98. The van der Waals surface area contributed by atoms with E-state index in [4.69, 9.17) is 9.57 Å². The fourth-order valence-electron chi connectivity index (χ4n) is 2.61. The standard InChI is InChI=1S/C20H24N2O3/c1-13-10-14(2)15(3)18(11-13)25-12-16-8-6-7-9-17(16)19(22-24-5)20(23)21-4/h6-11H,12H2,1-5H3,(H,21,23). The van der Waals surface area contributed by atoms with Crippen LogP contribution in [0.25, 0.3) is 0 Å². The summed E-state index contributed by atoms with van der Waals surface area (Å²) in [5, 5.41) is 6.46. The maximum atomic E-state index is 12.1. The van der Waals surface area contributed by atoms with Crippen LogP contribution in [-0.2, 0) is 16.2 Å². The molecule has 2 aromatic carbocycles. The Morgan fingerprint density at radius 3 is 2.56 bits per heavy atom. The zero-order valence-corrected chi connectivity index (χ0v) is 15.3. The summed E-state index contributed by atoms with van der Waals surface area (Å²) >= 11 is 0. The molecule has 132 valence electrons. The number of nitrogens with one attached hydrogen (secondary N) is 1. The first kappa shape index (κ1) is 18.5. The molecule has 25 heavy (non-hydrogen) atoms. The van der Waals surface area contributed by atoms with Crippen molar-refractivity contribution in [2.45, 2.75) is 27.4 Å². The molecule has 0 saturated heterocycles. The number of hydrogen-bond donors (Lipinski definition) is 1. The molecule has 0 heterocycles. The van der Waals surface area contributed by atoms with Crippen molar-refractivity contribution >= 4 is 11.6 Å². The van der Waals surface area contributed by atoms with Crippen LogP contribution < -0.4 is 10.1 Å². The number of nitrogens with zero attached hydrogens (tertiary/aromatic N) is 1. The molecule has 0 bridgehead atoms. The second-order valence-corrected chi connectivity index (χ2v) is 5.85. The van der Waals surface area contributed by atoms with Crippen molar-refractivity contribution in [1.29, 1.82) is 0 Å². The summed E-state index contributed by atoms with van der Waals surface area (Å²) < 4.78 is 6.04. The average molecular weight is 340 g/mol. The fraction of sp³-hybridized carbons (Fsp3) is 0.300. The molecule has 0 spiro atoms. The third kappa shape index (κ3) is 4.38. The molecule has 2 aromatic rings. The lowest BCUT2D eigenvalue weighted by atomic mass is 10.0. The molecule has 0 saturated carbocycles. The van der Waals surface area contributed by atoms with Crippen LogP contribution in [0.1, 0.15) is 27.8 Å². The molecule has 0 fully saturated rings. The number of benzene rings is 2. The van der Waals surface area contributed by atoms with Gasteiger partial charge in [-0.15, -0.1) is 0 Å². The van der Waals surface area contributed by atoms with Crippen LogP contribution in [0, 0.1) is 20.8 Å². The van der Waals surface area contributed by atoms with E-state index >= 15 is 0 Å². The highest BCUT2D eigenvalue weighted by Crippen LogP contribution is 2.25. The van der Waals surface area contributed by atoms with Crippen LogP contribution in [0.4, 0.5) is 0 Å². The minimum absolute atomic E-state index is 0.223. The largest absolute Gasteiger partial charge is 0.489 e. The van der Waals surface area contributed by atoms with Crippen molar-refractivity contribution < 1.29 is 14.4 Å². The van der Waals surface area contributed by atoms with Gasteiger partial charge in [0.2, 0.25) is 0 Å². The van der Waals surface area contributed by atoms with Crippen molar-refractivity contribution in [1.82, 2.24) is 5.32 Å². The monoisotopic (exact) mass is 340 g/mol. The van der Waals surface area contributed by atoms with E-state index in [1.54, 1.807) is 7.05 Å². The van der Waals surface area contributed by atoms with E-state index in [0.29, 0.717) is 12.2 Å². The molecule has 0 aromatic heterocycles. The molecule has 2 rings (SSSR count). The molecular weight excluding hydrogens is 316 g/mol. The molecule has 0 atom stereocenters. The van der Waals surface area contributed by atoms with Crippen LogP contribution in [0.5, 0.6) is 5.75 Å². The number of rotatable bonds is 6. The molecule has 1 amide bonds. The van der Waals surface area contributed by atoms with Gasteiger partial charge in [0.1, 0.15) is 19.5 Å². The lowest BCUT2D eigenvalue weighted by Crippen LogP contribution is -2.29. The minimum Gasteiger partial charge on any atom is -0.489 e. The van der Waals surface area contributed by atoms with E-state index in [-0.39, 0.29) is 11.6 Å². The third-order valence-electron chi connectivity index (χ3n) is 4.04. The number of hydrogen-bond acceptors (Lipinski definition) is 4. The Bertz CT molecular complexity index is 798. The van der Waals surface area contributed by atoms with Gasteiger partial charge in [-0.3, -0.25) is 4.79 Å². The zero-order chi connectivity index (χ0) is 18.4. The molecule has 0 aliphatic heterocycles. The summed E-state index contributed by atoms with van der Waals surface area (Å²) in [4.78, 5) is 16.9. The average Bonchev–Trinajstić information content (AvgIpc) is 2.61. The van der Waals surface area contributed by atoms with Crippen molar-refractivity contribution in [2.75, 3.05) is 14.2 Å². The summed E-state index contributed by atoms with van der Waals surface area (Å²) in [6.45, 7) is 6.48. The minimum atomic E-state index is -0.308. The smallest absolute Gasteiger partial charge is 0.273 e. The molecule has 0 aliphatic rings. The van der Waals surface area contributed by atoms with Crippen LogP contribution in [0.15, 0.2) is 41.6 Å². The number of carbonyl (C=O) groups is 1. The number of likely N-dealkylation sites (N-methyl/N-ethyl adjacent to an activating group) is 1. The van der Waals surface area contributed by atoms with Gasteiger partial charge in [-0.05, 0) is 49.1 Å². The second-order valence-electron chi connectivity index (χ2n) is 5.85. The van der Waals surface area contributed by atoms with Crippen LogP contribution >= 0.6 is 0 Å². The van der Waals surface area contributed by atoms with Crippen LogP contribution in [0.2, 0.25) is 0 Å². The van der Waals surface area contributed by atoms with Crippen molar-refractivity contribution in [3.8, 4) is 5.75 Å². The van der Waals surface area contributed by atoms with E-state index in [2.05, 4.69) is 23.5 Å². The van der Waals surface area contributed by atoms with Crippen molar-refractivity contribution in [2.24, 2.45) is 5.16 Å². The van der Waals surface area contributed by atoms with E-state index in [1.807, 2.05) is 44.2 Å². The van der Waals surface area contributed by atoms with Gasteiger partial charge < -0.3 is 14.9 Å². The Hall–Kier alpha value is -2.82. The van der Waals surface area contributed by atoms with Gasteiger partial charge in [-0.1, -0.05) is 35.5 Å². The molecule has 5 heteroatoms. The fourth-order valence-corrected chi connectivity index (χ4v) is 2.61. The van der Waals surface area contributed by atoms with E-state index in [1.165, 1.54) is 12.7 Å². The predicted molar refractivity (Wildman–Crippen MR) is 99.0 cm³/mol. The highest BCUT2D eigenvalue weighted by Gasteiger charge is 2.17. The Balaban J connectivity index is 2.33. The zero-order valence-electron chi connectivity index (χ0n) is 15.3. The third-order valence-corrected chi connectivity index (χ3v) is 4.04. The lowest BCUT2D eigenvalue weighted by Gasteiger charge is -2.15. The SMILES string of the molecule is CNC(=O)C(=NOC)c1ccccc1COc1cc(C)cc(C)c1C. The van der Waals surface area contributed by atoms with Crippen molar-refractivity contribution in [3.63, 3.8) is 0 Å². The van der Waals surface area contributed by atoms with Crippen LogP contribution in [-0.4, -0.2) is 25.8 Å². The summed E-state index contributed by atoms with van der Waals surface area (Å²) in [5.74, 6) is 0.536. The number of ether oxygens (including phenoxy) is 1. The van der Waals surface area contributed by atoms with Gasteiger partial charge in [-0.2, -0.15) is 0 Å². The maximum absolute atomic E-state index is 12.1. The Labute approximate surface area is 148 Å². The maximum Gasteiger partial charge on any atom is 0.273 e. The van der Waals surface area contributed by atoms with E-state index in [9.17, 15) is 4.79 Å². The first-order chi connectivity index (χ1) is 12.0. The number of amides is 1. The number of oxime groups is 1. The molecule has 0 radical (unpaired) electrons. The first-order valence-corrected chi connectivity index (χ1v) is 8.10. The Kier molecular flexibility index (Phi) is 6.17. The molecular formula is C20H24N2O3. The lowest BCUT2D eigenvalue weighted by molar-refractivity contribution is -0.114. The number of carbonyl (C=O) groups excluding carboxylic acids is 1. The van der Waals surface area contributed by atoms with Crippen LogP contribution in [0.3, 0.4) is 0 Å². The Morgan fingerprint density at radius 2 is 1.88 bits per heavy atom. The molecule has 0 unspecified atom stereocenters. The quantitative estimate of drug-likeness (QED) is 0.648. The van der Waals surface area contributed by atoms with Gasteiger partial charge in [0.25, 0.3) is 5.91 Å².